The summed E-state index contributed by atoms with van der Waals surface area (Å²) >= 11 is 0. The molecule has 0 aliphatic rings. The van der Waals surface area contributed by atoms with Crippen LogP contribution in [-0.2, 0) is 0 Å². The standard InChI is InChI=1S/C8H17F/c1-5-8(4,9)6-7(2)3/h7H,5-6H2,1-4H3/t8-/m0/s1. The zero-order valence-corrected chi connectivity index (χ0v) is 6.87. The molecule has 0 nitrogen and oxygen atoms in total. The van der Waals surface area contributed by atoms with Crippen LogP contribution in [0.1, 0.15) is 40.5 Å². The molecule has 0 aromatic heterocycles. The Labute approximate surface area is 57.5 Å². The molecular formula is C8H17F. The van der Waals surface area contributed by atoms with Gasteiger partial charge in [0.05, 0.1) is 0 Å². The van der Waals surface area contributed by atoms with Gasteiger partial charge in [-0.3, -0.25) is 0 Å². The molecular weight excluding hydrogens is 115 g/mol. The summed E-state index contributed by atoms with van der Waals surface area (Å²) in [6.45, 7) is 7.66. The van der Waals surface area contributed by atoms with E-state index in [1.807, 2.05) is 20.8 Å². The Kier molecular flexibility index (Phi) is 3.16. The van der Waals surface area contributed by atoms with Crippen LogP contribution < -0.4 is 0 Å². The summed E-state index contributed by atoms with van der Waals surface area (Å²) in [6, 6.07) is 0. The van der Waals surface area contributed by atoms with Gasteiger partial charge in [-0.05, 0) is 25.7 Å². The van der Waals surface area contributed by atoms with Crippen molar-refractivity contribution in [3.05, 3.63) is 0 Å². The molecule has 0 saturated carbocycles. The number of hydrogen-bond donors (Lipinski definition) is 0. The van der Waals surface area contributed by atoms with E-state index in [-0.39, 0.29) is 0 Å². The van der Waals surface area contributed by atoms with Crippen molar-refractivity contribution in [3.63, 3.8) is 0 Å². The predicted octanol–water partition coefficient (Wildman–Crippen LogP) is 3.17. The Balaban J connectivity index is 3.58. The van der Waals surface area contributed by atoms with E-state index in [2.05, 4.69) is 0 Å². The van der Waals surface area contributed by atoms with Crippen LogP contribution in [0.4, 0.5) is 4.39 Å². The Bertz CT molecular complexity index is 74.6. The van der Waals surface area contributed by atoms with Gasteiger partial charge in [0, 0.05) is 0 Å². The van der Waals surface area contributed by atoms with Crippen LogP contribution in [0.3, 0.4) is 0 Å². The third-order valence-corrected chi connectivity index (χ3v) is 1.57. The highest BCUT2D eigenvalue weighted by atomic mass is 19.1. The van der Waals surface area contributed by atoms with Gasteiger partial charge in [-0.15, -0.1) is 0 Å². The normalized spacial score (nSPS) is 18.0. The van der Waals surface area contributed by atoms with Gasteiger partial charge in [0.15, 0.2) is 0 Å². The lowest BCUT2D eigenvalue weighted by Crippen LogP contribution is -2.18. The van der Waals surface area contributed by atoms with Crippen LogP contribution in [0.25, 0.3) is 0 Å². The first-order valence-corrected chi connectivity index (χ1v) is 3.67. The maximum absolute atomic E-state index is 13.1. The monoisotopic (exact) mass is 132 g/mol. The lowest BCUT2D eigenvalue weighted by Gasteiger charge is -2.19. The van der Waals surface area contributed by atoms with Crippen LogP contribution in [0.15, 0.2) is 0 Å². The largest absolute Gasteiger partial charge is 0.244 e. The van der Waals surface area contributed by atoms with Crippen LogP contribution >= 0.6 is 0 Å². The number of alkyl halides is 1. The summed E-state index contributed by atoms with van der Waals surface area (Å²) in [5.74, 6) is 0.472. The van der Waals surface area contributed by atoms with Crippen molar-refractivity contribution in [2.45, 2.75) is 46.2 Å². The Morgan fingerprint density at radius 3 is 2.00 bits per heavy atom. The summed E-state index contributed by atoms with van der Waals surface area (Å²) in [5.41, 5.74) is -0.936. The second-order valence-corrected chi connectivity index (χ2v) is 3.36. The van der Waals surface area contributed by atoms with Gasteiger partial charge in [0.25, 0.3) is 0 Å². The smallest absolute Gasteiger partial charge is 0.108 e. The summed E-state index contributed by atoms with van der Waals surface area (Å²) < 4.78 is 13.1. The predicted molar refractivity (Wildman–Crippen MR) is 39.3 cm³/mol. The van der Waals surface area contributed by atoms with Gasteiger partial charge >= 0.3 is 0 Å². The van der Waals surface area contributed by atoms with Crippen LogP contribution in [0.2, 0.25) is 0 Å². The molecule has 1 atom stereocenters. The molecule has 0 aliphatic heterocycles. The molecule has 9 heavy (non-hydrogen) atoms. The first-order valence-electron chi connectivity index (χ1n) is 3.67. The van der Waals surface area contributed by atoms with Crippen molar-refractivity contribution < 1.29 is 4.39 Å². The number of hydrogen-bond acceptors (Lipinski definition) is 0. The van der Waals surface area contributed by atoms with Crippen LogP contribution in [-0.4, -0.2) is 5.67 Å². The topological polar surface area (TPSA) is 0 Å². The average molecular weight is 132 g/mol. The minimum Gasteiger partial charge on any atom is -0.244 e. The fourth-order valence-corrected chi connectivity index (χ4v) is 0.996. The Morgan fingerprint density at radius 2 is 1.89 bits per heavy atom. The van der Waals surface area contributed by atoms with E-state index < -0.39 is 5.67 Å². The minimum absolute atomic E-state index is 0.472. The van der Waals surface area contributed by atoms with Crippen molar-refractivity contribution in [1.29, 1.82) is 0 Å². The molecule has 1 heteroatoms. The van der Waals surface area contributed by atoms with Gasteiger partial charge in [-0.1, -0.05) is 20.8 Å². The molecule has 0 spiro atoms. The van der Waals surface area contributed by atoms with Crippen molar-refractivity contribution in [3.8, 4) is 0 Å². The fourth-order valence-electron chi connectivity index (χ4n) is 0.996. The number of rotatable bonds is 3. The molecule has 0 heterocycles. The van der Waals surface area contributed by atoms with Crippen molar-refractivity contribution in [1.82, 2.24) is 0 Å². The van der Waals surface area contributed by atoms with Gasteiger partial charge in [-0.25, -0.2) is 4.39 Å². The zero-order chi connectivity index (χ0) is 7.49. The van der Waals surface area contributed by atoms with Crippen molar-refractivity contribution in [2.24, 2.45) is 5.92 Å². The third-order valence-electron chi connectivity index (χ3n) is 1.57. The summed E-state index contributed by atoms with van der Waals surface area (Å²) in [7, 11) is 0. The molecule has 0 rings (SSSR count). The third kappa shape index (κ3) is 4.43. The quantitative estimate of drug-likeness (QED) is 0.553. The fraction of sp³-hybridized carbons (Fsp3) is 1.00. The highest BCUT2D eigenvalue weighted by Gasteiger charge is 2.20. The molecule has 0 fully saturated rings. The van der Waals surface area contributed by atoms with Crippen molar-refractivity contribution >= 4 is 0 Å². The Morgan fingerprint density at radius 1 is 1.44 bits per heavy atom. The molecule has 56 valence electrons. The second-order valence-electron chi connectivity index (χ2n) is 3.36. The summed E-state index contributed by atoms with van der Waals surface area (Å²) in [5, 5.41) is 0. The molecule has 0 radical (unpaired) electrons. The van der Waals surface area contributed by atoms with E-state index in [1.54, 1.807) is 6.92 Å². The SMILES string of the molecule is CC[C@](C)(F)CC(C)C. The zero-order valence-electron chi connectivity index (χ0n) is 6.87. The summed E-state index contributed by atoms with van der Waals surface area (Å²) in [4.78, 5) is 0. The van der Waals surface area contributed by atoms with Gasteiger partial charge in [0.2, 0.25) is 0 Å². The molecule has 0 aromatic carbocycles. The molecule has 0 N–H and O–H groups in total. The first kappa shape index (κ1) is 8.93. The Hall–Kier alpha value is -0.0700. The van der Waals surface area contributed by atoms with E-state index in [0.717, 1.165) is 0 Å². The molecule has 0 bridgehead atoms. The van der Waals surface area contributed by atoms with E-state index in [0.29, 0.717) is 18.8 Å². The minimum atomic E-state index is -0.936. The van der Waals surface area contributed by atoms with E-state index in [4.69, 9.17) is 0 Å². The van der Waals surface area contributed by atoms with E-state index >= 15 is 0 Å². The van der Waals surface area contributed by atoms with Crippen molar-refractivity contribution in [2.75, 3.05) is 0 Å². The molecule has 0 unspecified atom stereocenters. The lowest BCUT2D eigenvalue weighted by atomic mass is 9.94. The summed E-state index contributed by atoms with van der Waals surface area (Å²) in [6.07, 6.45) is 1.31. The lowest BCUT2D eigenvalue weighted by molar-refractivity contribution is 0.148. The van der Waals surface area contributed by atoms with Gasteiger partial charge in [-0.2, -0.15) is 0 Å². The molecule has 0 amide bonds. The van der Waals surface area contributed by atoms with Gasteiger partial charge < -0.3 is 0 Å². The highest BCUT2D eigenvalue weighted by Crippen LogP contribution is 2.23. The molecule has 0 aliphatic carbocycles. The van der Waals surface area contributed by atoms with Crippen LogP contribution in [0.5, 0.6) is 0 Å². The molecule has 0 saturated heterocycles. The highest BCUT2D eigenvalue weighted by molar-refractivity contribution is 4.71. The van der Waals surface area contributed by atoms with Crippen LogP contribution in [0, 0.1) is 5.92 Å². The number of halogens is 1. The van der Waals surface area contributed by atoms with E-state index in [9.17, 15) is 4.39 Å². The second kappa shape index (κ2) is 3.19. The maximum atomic E-state index is 13.1. The maximum Gasteiger partial charge on any atom is 0.108 e. The van der Waals surface area contributed by atoms with E-state index in [1.165, 1.54) is 0 Å². The van der Waals surface area contributed by atoms with Gasteiger partial charge in [0.1, 0.15) is 5.67 Å². The first-order chi connectivity index (χ1) is 3.98. The average Bonchev–Trinajstić information content (AvgIpc) is 1.63. The molecule has 0 aromatic rings.